The Kier molecular flexibility index (Phi) is 5.49. The van der Waals surface area contributed by atoms with Crippen LogP contribution in [0.5, 0.6) is 5.75 Å². The lowest BCUT2D eigenvalue weighted by Gasteiger charge is -2.23. The summed E-state index contributed by atoms with van der Waals surface area (Å²) >= 11 is 1.83. The second kappa shape index (κ2) is 7.79. The minimum absolute atomic E-state index is 0.0593. The molecule has 0 bridgehead atoms. The van der Waals surface area contributed by atoms with Crippen molar-refractivity contribution in [3.63, 3.8) is 0 Å². The smallest absolute Gasteiger partial charge is 0.247 e. The van der Waals surface area contributed by atoms with Crippen LogP contribution in [-0.2, 0) is 4.79 Å². The molecule has 0 aromatic heterocycles. The quantitative estimate of drug-likeness (QED) is 0.753. The maximum atomic E-state index is 12.7. The minimum atomic E-state index is 0.0593. The molecule has 0 spiro atoms. The number of aryl methyl sites for hydroxylation is 2. The van der Waals surface area contributed by atoms with E-state index in [1.165, 1.54) is 16.7 Å². The van der Waals surface area contributed by atoms with Crippen LogP contribution in [0.4, 0.5) is 0 Å². The molecule has 1 atom stereocenters. The largest absolute Gasteiger partial charge is 0.497 e. The van der Waals surface area contributed by atoms with Crippen molar-refractivity contribution >= 4 is 23.7 Å². The van der Waals surface area contributed by atoms with E-state index in [-0.39, 0.29) is 11.3 Å². The zero-order valence-corrected chi connectivity index (χ0v) is 15.7. The van der Waals surface area contributed by atoms with Gasteiger partial charge in [0.2, 0.25) is 5.91 Å². The molecule has 3 nitrogen and oxygen atoms in total. The Morgan fingerprint density at radius 2 is 1.92 bits per heavy atom. The van der Waals surface area contributed by atoms with E-state index in [2.05, 4.69) is 32.0 Å². The summed E-state index contributed by atoms with van der Waals surface area (Å²) in [6, 6.07) is 14.2. The number of hydrogen-bond donors (Lipinski definition) is 0. The van der Waals surface area contributed by atoms with Crippen molar-refractivity contribution in [3.8, 4) is 5.75 Å². The molecule has 25 heavy (non-hydrogen) atoms. The fourth-order valence-electron chi connectivity index (χ4n) is 2.87. The number of carbonyl (C=O) groups is 1. The predicted molar refractivity (Wildman–Crippen MR) is 105 cm³/mol. The number of benzene rings is 2. The fourth-order valence-corrected chi connectivity index (χ4v) is 4.12. The first-order valence-electron chi connectivity index (χ1n) is 8.40. The average molecular weight is 353 g/mol. The molecule has 4 heteroatoms. The predicted octanol–water partition coefficient (Wildman–Crippen LogP) is 4.60. The highest BCUT2D eigenvalue weighted by molar-refractivity contribution is 7.99. The van der Waals surface area contributed by atoms with Gasteiger partial charge in [-0.1, -0.05) is 30.3 Å². The summed E-state index contributed by atoms with van der Waals surface area (Å²) < 4.78 is 5.16. The summed E-state index contributed by atoms with van der Waals surface area (Å²) in [6.07, 6.45) is 3.53. The van der Waals surface area contributed by atoms with E-state index in [1.807, 2.05) is 47.0 Å². The molecule has 0 radical (unpaired) electrons. The summed E-state index contributed by atoms with van der Waals surface area (Å²) in [7, 11) is 1.65. The summed E-state index contributed by atoms with van der Waals surface area (Å²) in [5, 5.41) is 0.104. The third kappa shape index (κ3) is 4.07. The minimum Gasteiger partial charge on any atom is -0.497 e. The Morgan fingerprint density at radius 3 is 2.60 bits per heavy atom. The summed E-state index contributed by atoms with van der Waals surface area (Å²) in [5.41, 5.74) is 4.75. The van der Waals surface area contributed by atoms with Crippen molar-refractivity contribution in [2.24, 2.45) is 0 Å². The molecule has 2 aromatic rings. The van der Waals surface area contributed by atoms with Gasteiger partial charge in [-0.15, -0.1) is 11.8 Å². The SMILES string of the molecule is COc1ccc(/C=C/C(=O)N2CCSC2c2ccc(C)c(C)c2)cc1. The molecule has 1 aliphatic heterocycles. The topological polar surface area (TPSA) is 29.5 Å². The number of ether oxygens (including phenoxy) is 1. The zero-order chi connectivity index (χ0) is 17.8. The molecule has 1 fully saturated rings. The standard InChI is InChI=1S/C21H23NO2S/c1-15-4-8-18(14-16(15)2)21-22(12-13-25-21)20(23)11-7-17-5-9-19(24-3)10-6-17/h4-11,14,21H,12-13H2,1-3H3/b11-7+. The normalized spacial score (nSPS) is 17.2. The van der Waals surface area contributed by atoms with Crippen LogP contribution in [0.15, 0.2) is 48.5 Å². The van der Waals surface area contributed by atoms with Crippen LogP contribution in [0, 0.1) is 13.8 Å². The Bertz CT molecular complexity index is 783. The molecule has 130 valence electrons. The van der Waals surface area contributed by atoms with E-state index >= 15 is 0 Å². The van der Waals surface area contributed by atoms with Crippen molar-refractivity contribution < 1.29 is 9.53 Å². The third-order valence-electron chi connectivity index (χ3n) is 4.52. The van der Waals surface area contributed by atoms with Gasteiger partial charge in [0.05, 0.1) is 7.11 Å². The first-order valence-corrected chi connectivity index (χ1v) is 9.45. The lowest BCUT2D eigenvalue weighted by molar-refractivity contribution is -0.126. The number of nitrogens with zero attached hydrogens (tertiary/aromatic N) is 1. The summed E-state index contributed by atoms with van der Waals surface area (Å²) in [6.45, 7) is 5.02. The molecular weight excluding hydrogens is 330 g/mol. The van der Waals surface area contributed by atoms with Crippen LogP contribution >= 0.6 is 11.8 Å². The van der Waals surface area contributed by atoms with Crippen molar-refractivity contribution in [1.29, 1.82) is 0 Å². The van der Waals surface area contributed by atoms with Crippen molar-refractivity contribution in [2.75, 3.05) is 19.4 Å². The number of thioether (sulfide) groups is 1. The molecule has 2 aromatic carbocycles. The van der Waals surface area contributed by atoms with Crippen molar-refractivity contribution in [3.05, 3.63) is 70.8 Å². The molecular formula is C21H23NO2S. The molecule has 0 saturated carbocycles. The maximum Gasteiger partial charge on any atom is 0.247 e. The van der Waals surface area contributed by atoms with E-state index in [4.69, 9.17) is 4.74 Å². The van der Waals surface area contributed by atoms with Crippen LogP contribution in [0.1, 0.15) is 27.6 Å². The molecule has 0 N–H and O–H groups in total. The van der Waals surface area contributed by atoms with Crippen LogP contribution in [-0.4, -0.2) is 30.2 Å². The monoisotopic (exact) mass is 353 g/mol. The summed E-state index contributed by atoms with van der Waals surface area (Å²) in [4.78, 5) is 14.6. The Morgan fingerprint density at radius 1 is 1.16 bits per heavy atom. The molecule has 3 rings (SSSR count). The Hall–Kier alpha value is -2.20. The van der Waals surface area contributed by atoms with Gasteiger partial charge in [-0.2, -0.15) is 0 Å². The van der Waals surface area contributed by atoms with Crippen molar-refractivity contribution in [1.82, 2.24) is 4.90 Å². The zero-order valence-electron chi connectivity index (χ0n) is 14.9. The maximum absolute atomic E-state index is 12.7. The molecule has 0 aliphatic carbocycles. The van der Waals surface area contributed by atoms with Crippen LogP contribution in [0.25, 0.3) is 6.08 Å². The molecule has 1 amide bonds. The average Bonchev–Trinajstić information content (AvgIpc) is 3.12. The van der Waals surface area contributed by atoms with Crippen LogP contribution in [0.2, 0.25) is 0 Å². The van der Waals surface area contributed by atoms with Gasteiger partial charge in [-0.05, 0) is 54.3 Å². The molecule has 1 unspecified atom stereocenters. The van der Waals surface area contributed by atoms with E-state index < -0.39 is 0 Å². The number of carbonyl (C=O) groups excluding carboxylic acids is 1. The van der Waals surface area contributed by atoms with E-state index in [0.717, 1.165) is 23.6 Å². The number of methoxy groups -OCH3 is 1. The Balaban J connectivity index is 1.73. The van der Waals surface area contributed by atoms with Gasteiger partial charge in [0.15, 0.2) is 0 Å². The van der Waals surface area contributed by atoms with Crippen LogP contribution in [0.3, 0.4) is 0 Å². The first-order chi connectivity index (χ1) is 12.1. The molecule has 1 heterocycles. The van der Waals surface area contributed by atoms with Gasteiger partial charge in [0, 0.05) is 18.4 Å². The van der Waals surface area contributed by atoms with Crippen LogP contribution < -0.4 is 4.74 Å². The Labute approximate surface area is 153 Å². The van der Waals surface area contributed by atoms with Gasteiger partial charge < -0.3 is 9.64 Å². The number of hydrogen-bond acceptors (Lipinski definition) is 3. The lowest BCUT2D eigenvalue weighted by Crippen LogP contribution is -2.28. The summed E-state index contributed by atoms with van der Waals surface area (Å²) in [5.74, 6) is 1.85. The second-order valence-electron chi connectivity index (χ2n) is 6.20. The number of amides is 1. The highest BCUT2D eigenvalue weighted by Gasteiger charge is 2.29. The van der Waals surface area contributed by atoms with Gasteiger partial charge in [-0.25, -0.2) is 0 Å². The van der Waals surface area contributed by atoms with Gasteiger partial charge in [-0.3, -0.25) is 4.79 Å². The van der Waals surface area contributed by atoms with Gasteiger partial charge in [0.1, 0.15) is 11.1 Å². The van der Waals surface area contributed by atoms with Crippen molar-refractivity contribution in [2.45, 2.75) is 19.2 Å². The fraction of sp³-hybridized carbons (Fsp3) is 0.286. The highest BCUT2D eigenvalue weighted by atomic mass is 32.2. The first kappa shape index (κ1) is 17.6. The molecule has 1 saturated heterocycles. The number of rotatable bonds is 4. The van der Waals surface area contributed by atoms with E-state index in [0.29, 0.717) is 0 Å². The highest BCUT2D eigenvalue weighted by Crippen LogP contribution is 2.38. The van der Waals surface area contributed by atoms with Gasteiger partial charge >= 0.3 is 0 Å². The lowest BCUT2D eigenvalue weighted by atomic mass is 10.1. The second-order valence-corrected chi connectivity index (χ2v) is 7.39. The third-order valence-corrected chi connectivity index (χ3v) is 5.79. The molecule has 1 aliphatic rings. The van der Waals surface area contributed by atoms with E-state index in [9.17, 15) is 4.79 Å². The van der Waals surface area contributed by atoms with E-state index in [1.54, 1.807) is 13.2 Å². The van der Waals surface area contributed by atoms with Gasteiger partial charge in [0.25, 0.3) is 0 Å².